The second-order valence-electron chi connectivity index (χ2n) is 1.87. The molecule has 1 aromatic heterocycles. The van der Waals surface area contributed by atoms with E-state index < -0.39 is 9.05 Å². The van der Waals surface area contributed by atoms with Crippen molar-refractivity contribution < 1.29 is 8.42 Å². The molecule has 0 spiro atoms. The van der Waals surface area contributed by atoms with E-state index >= 15 is 0 Å². The number of hydrogen-bond acceptors (Lipinski definition) is 3. The van der Waals surface area contributed by atoms with Crippen LogP contribution in [-0.2, 0) is 9.05 Å². The molecule has 0 aliphatic heterocycles. The van der Waals surface area contributed by atoms with E-state index in [0.29, 0.717) is 3.57 Å². The molecular formula is C5H2Cl2INO2S. The van der Waals surface area contributed by atoms with E-state index in [1.165, 1.54) is 6.20 Å². The van der Waals surface area contributed by atoms with E-state index in [4.69, 9.17) is 22.3 Å². The van der Waals surface area contributed by atoms with Gasteiger partial charge in [0.2, 0.25) is 0 Å². The highest BCUT2D eigenvalue weighted by Gasteiger charge is 2.16. The van der Waals surface area contributed by atoms with Crippen molar-refractivity contribution in [3.05, 3.63) is 21.0 Å². The topological polar surface area (TPSA) is 47.0 Å². The maximum absolute atomic E-state index is 10.9. The van der Waals surface area contributed by atoms with Crippen molar-refractivity contribution in [2.75, 3.05) is 0 Å². The van der Waals surface area contributed by atoms with Gasteiger partial charge in [-0.2, -0.15) is 0 Å². The van der Waals surface area contributed by atoms with Gasteiger partial charge in [0, 0.05) is 23.1 Å². The maximum Gasteiger partial charge on any atom is 0.263 e. The van der Waals surface area contributed by atoms with Gasteiger partial charge in [-0.25, -0.2) is 8.42 Å². The third-order valence-electron chi connectivity index (χ3n) is 1.07. The molecule has 1 rings (SSSR count). The zero-order chi connectivity index (χ0) is 9.35. The Morgan fingerprint density at radius 3 is 2.42 bits per heavy atom. The minimum Gasteiger partial charge on any atom is -0.262 e. The Morgan fingerprint density at radius 1 is 1.42 bits per heavy atom. The van der Waals surface area contributed by atoms with Gasteiger partial charge in [0.25, 0.3) is 9.05 Å². The molecule has 0 fully saturated rings. The van der Waals surface area contributed by atoms with Crippen LogP contribution in [0.2, 0.25) is 5.02 Å². The van der Waals surface area contributed by atoms with E-state index in [2.05, 4.69) is 4.98 Å². The van der Waals surface area contributed by atoms with Gasteiger partial charge in [0.1, 0.15) is 4.90 Å². The molecule has 0 saturated carbocycles. The smallest absolute Gasteiger partial charge is 0.262 e. The quantitative estimate of drug-likeness (QED) is 0.583. The summed E-state index contributed by atoms with van der Waals surface area (Å²) in [7, 11) is 1.37. The third kappa shape index (κ3) is 2.21. The number of pyridine rings is 1. The Labute approximate surface area is 92.6 Å². The summed E-state index contributed by atoms with van der Waals surface area (Å²) >= 11 is 7.42. The molecule has 12 heavy (non-hydrogen) atoms. The zero-order valence-corrected chi connectivity index (χ0v) is 9.95. The summed E-state index contributed by atoms with van der Waals surface area (Å²) < 4.78 is 22.1. The summed E-state index contributed by atoms with van der Waals surface area (Å²) in [5.74, 6) is 0. The largest absolute Gasteiger partial charge is 0.263 e. The second kappa shape index (κ2) is 3.65. The fraction of sp³-hybridized carbons (Fsp3) is 0. The molecule has 0 N–H and O–H groups in total. The molecule has 3 nitrogen and oxygen atoms in total. The molecule has 0 aliphatic carbocycles. The van der Waals surface area contributed by atoms with Gasteiger partial charge >= 0.3 is 0 Å². The van der Waals surface area contributed by atoms with Gasteiger partial charge in [-0.05, 0) is 22.6 Å². The Morgan fingerprint density at radius 2 is 2.00 bits per heavy atom. The lowest BCUT2D eigenvalue weighted by Gasteiger charge is -1.99. The van der Waals surface area contributed by atoms with E-state index in [9.17, 15) is 8.42 Å². The Hall–Kier alpha value is 0.410. The standard InChI is InChI=1S/C5H2Cl2INO2S/c6-3-1-9-2-4(5(3)8)12(7,10)11/h1-2H. The van der Waals surface area contributed by atoms with Crippen LogP contribution in [0.15, 0.2) is 17.3 Å². The Bertz CT molecular complexity index is 406. The molecule has 0 aromatic carbocycles. The van der Waals surface area contributed by atoms with E-state index in [-0.39, 0.29) is 9.92 Å². The number of aromatic nitrogens is 1. The van der Waals surface area contributed by atoms with Crippen molar-refractivity contribution in [3.63, 3.8) is 0 Å². The SMILES string of the molecule is O=S(=O)(Cl)c1cncc(Cl)c1I. The highest BCUT2D eigenvalue weighted by molar-refractivity contribution is 14.1. The summed E-state index contributed by atoms with van der Waals surface area (Å²) in [5.41, 5.74) is 0. The van der Waals surface area contributed by atoms with E-state index in [1.807, 2.05) is 0 Å². The fourth-order valence-electron chi connectivity index (χ4n) is 0.571. The van der Waals surface area contributed by atoms with Crippen molar-refractivity contribution in [2.45, 2.75) is 4.90 Å². The monoisotopic (exact) mass is 337 g/mol. The highest BCUT2D eigenvalue weighted by atomic mass is 127. The summed E-state index contributed by atoms with van der Waals surface area (Å²) in [4.78, 5) is 3.55. The summed E-state index contributed by atoms with van der Waals surface area (Å²) in [5, 5.41) is 0.275. The molecule has 0 saturated heterocycles. The van der Waals surface area contributed by atoms with Crippen molar-refractivity contribution in [2.24, 2.45) is 0 Å². The van der Waals surface area contributed by atoms with Crippen LogP contribution in [0.25, 0.3) is 0 Å². The molecule has 0 amide bonds. The third-order valence-corrected chi connectivity index (χ3v) is 4.54. The molecular weight excluding hydrogens is 336 g/mol. The number of halogens is 3. The van der Waals surface area contributed by atoms with Crippen LogP contribution >= 0.6 is 44.9 Å². The molecule has 66 valence electrons. The minimum absolute atomic E-state index is 0.0581. The normalized spacial score (nSPS) is 11.6. The molecule has 0 radical (unpaired) electrons. The predicted octanol–water partition coefficient (Wildman–Crippen LogP) is 2.27. The molecule has 0 atom stereocenters. The molecule has 1 heterocycles. The first-order valence-electron chi connectivity index (χ1n) is 2.66. The van der Waals surface area contributed by atoms with Crippen molar-refractivity contribution in [1.29, 1.82) is 0 Å². The molecule has 0 unspecified atom stereocenters. The average Bonchev–Trinajstić information content (AvgIpc) is 1.92. The predicted molar refractivity (Wildman–Crippen MR) is 55.0 cm³/mol. The second-order valence-corrected chi connectivity index (χ2v) is 5.89. The lowest BCUT2D eigenvalue weighted by molar-refractivity contribution is 0.608. The van der Waals surface area contributed by atoms with Gasteiger partial charge in [0.15, 0.2) is 0 Å². The maximum atomic E-state index is 10.9. The lowest BCUT2D eigenvalue weighted by Crippen LogP contribution is -1.95. The van der Waals surface area contributed by atoms with E-state index in [1.54, 1.807) is 22.6 Å². The van der Waals surface area contributed by atoms with Crippen molar-refractivity contribution in [1.82, 2.24) is 4.98 Å². The Balaban J connectivity index is 3.47. The van der Waals surface area contributed by atoms with Gasteiger partial charge in [-0.3, -0.25) is 4.98 Å². The molecule has 1 aromatic rings. The van der Waals surface area contributed by atoms with Gasteiger partial charge in [0.05, 0.1) is 8.59 Å². The molecule has 7 heteroatoms. The van der Waals surface area contributed by atoms with Crippen LogP contribution in [0.1, 0.15) is 0 Å². The zero-order valence-electron chi connectivity index (χ0n) is 5.46. The summed E-state index contributed by atoms with van der Waals surface area (Å²) in [6.07, 6.45) is 2.52. The van der Waals surface area contributed by atoms with Gasteiger partial charge < -0.3 is 0 Å². The van der Waals surface area contributed by atoms with Crippen LogP contribution in [0.3, 0.4) is 0 Å². The van der Waals surface area contributed by atoms with E-state index in [0.717, 1.165) is 6.20 Å². The fourth-order valence-corrected chi connectivity index (χ4v) is 3.19. The number of hydrogen-bond donors (Lipinski definition) is 0. The Kier molecular flexibility index (Phi) is 3.19. The first kappa shape index (κ1) is 10.5. The van der Waals surface area contributed by atoms with Crippen molar-refractivity contribution in [3.8, 4) is 0 Å². The summed E-state index contributed by atoms with van der Waals surface area (Å²) in [6, 6.07) is 0. The van der Waals surface area contributed by atoms with Crippen LogP contribution in [-0.4, -0.2) is 13.4 Å². The minimum atomic E-state index is -3.74. The summed E-state index contributed by atoms with van der Waals surface area (Å²) in [6.45, 7) is 0. The molecule has 0 bridgehead atoms. The first-order valence-corrected chi connectivity index (χ1v) is 6.43. The number of rotatable bonds is 1. The van der Waals surface area contributed by atoms with Crippen LogP contribution in [0.4, 0.5) is 0 Å². The van der Waals surface area contributed by atoms with Gasteiger partial charge in [-0.1, -0.05) is 11.6 Å². The number of nitrogens with zero attached hydrogens (tertiary/aromatic N) is 1. The average molecular weight is 338 g/mol. The van der Waals surface area contributed by atoms with Crippen LogP contribution < -0.4 is 0 Å². The van der Waals surface area contributed by atoms with Crippen LogP contribution in [0, 0.1) is 3.57 Å². The van der Waals surface area contributed by atoms with Crippen molar-refractivity contribution >= 4 is 53.9 Å². The first-order chi connectivity index (χ1) is 5.43. The highest BCUT2D eigenvalue weighted by Crippen LogP contribution is 2.26. The molecule has 0 aliphatic rings. The van der Waals surface area contributed by atoms with Gasteiger partial charge in [-0.15, -0.1) is 0 Å². The van der Waals surface area contributed by atoms with Crippen LogP contribution in [0.5, 0.6) is 0 Å². The lowest BCUT2D eigenvalue weighted by atomic mass is 10.5.